The van der Waals surface area contributed by atoms with E-state index in [-0.39, 0.29) is 0 Å². The summed E-state index contributed by atoms with van der Waals surface area (Å²) >= 11 is 0. The zero-order chi connectivity index (χ0) is 13.3. The first-order chi connectivity index (χ1) is 9.20. The lowest BCUT2D eigenvalue weighted by atomic mass is 9.82. The molecule has 104 valence electrons. The van der Waals surface area contributed by atoms with E-state index in [4.69, 9.17) is 0 Å². The molecule has 0 unspecified atom stereocenters. The van der Waals surface area contributed by atoms with Gasteiger partial charge in [-0.05, 0) is 31.7 Å². The van der Waals surface area contributed by atoms with E-state index in [2.05, 4.69) is 9.78 Å². The van der Waals surface area contributed by atoms with Gasteiger partial charge in [-0.15, -0.1) is 0 Å². The van der Waals surface area contributed by atoms with E-state index in [1.54, 1.807) is 0 Å². The Bertz CT molecular complexity index is 454. The van der Waals surface area contributed by atoms with Crippen molar-refractivity contribution >= 4 is 5.97 Å². The average molecular weight is 262 g/mol. The van der Waals surface area contributed by atoms with Crippen molar-refractivity contribution < 1.29 is 9.90 Å². The second kappa shape index (κ2) is 4.99. The lowest BCUT2D eigenvalue weighted by molar-refractivity contribution is -0.148. The highest BCUT2D eigenvalue weighted by molar-refractivity contribution is 5.75. The fourth-order valence-corrected chi connectivity index (χ4v) is 3.71. The molecule has 0 radical (unpaired) electrons. The first-order valence-electron chi connectivity index (χ1n) is 7.47. The van der Waals surface area contributed by atoms with Crippen LogP contribution in [0.3, 0.4) is 0 Å². The summed E-state index contributed by atoms with van der Waals surface area (Å²) in [6.07, 6.45) is 11.3. The van der Waals surface area contributed by atoms with Gasteiger partial charge in [0, 0.05) is 12.6 Å². The number of carboxylic acids is 1. The number of aliphatic carboxylic acids is 1. The molecule has 1 aromatic heterocycles. The maximum atomic E-state index is 11.6. The summed E-state index contributed by atoms with van der Waals surface area (Å²) < 4.78 is 2.06. The van der Waals surface area contributed by atoms with E-state index in [1.165, 1.54) is 25.7 Å². The Hall–Kier alpha value is -1.32. The number of hydrogen-bond donors (Lipinski definition) is 1. The van der Waals surface area contributed by atoms with Crippen LogP contribution in [0.25, 0.3) is 0 Å². The molecule has 2 aliphatic carbocycles. The lowest BCUT2D eigenvalue weighted by Crippen LogP contribution is -2.30. The molecule has 0 aromatic carbocycles. The van der Waals surface area contributed by atoms with Gasteiger partial charge in [-0.1, -0.05) is 25.7 Å². The predicted octanol–water partition coefficient (Wildman–Crippen LogP) is 3.19. The first kappa shape index (κ1) is 12.7. The number of aromatic nitrogens is 2. The monoisotopic (exact) mass is 262 g/mol. The second-order valence-electron chi connectivity index (χ2n) is 6.19. The van der Waals surface area contributed by atoms with Crippen LogP contribution in [0.1, 0.15) is 63.1 Å². The maximum absolute atomic E-state index is 11.6. The summed E-state index contributed by atoms with van der Waals surface area (Å²) in [5.74, 6) is -0.639. The summed E-state index contributed by atoms with van der Waals surface area (Å²) in [6.45, 7) is 0. The topological polar surface area (TPSA) is 55.1 Å². The van der Waals surface area contributed by atoms with Crippen LogP contribution in [0.5, 0.6) is 0 Å². The van der Waals surface area contributed by atoms with Crippen molar-refractivity contribution in [3.05, 3.63) is 18.0 Å². The molecule has 0 bridgehead atoms. The highest BCUT2D eigenvalue weighted by atomic mass is 16.4. The molecule has 19 heavy (non-hydrogen) atoms. The molecule has 2 fully saturated rings. The fraction of sp³-hybridized carbons (Fsp3) is 0.733. The number of carbonyl (C=O) groups is 1. The van der Waals surface area contributed by atoms with Gasteiger partial charge in [0.2, 0.25) is 0 Å². The zero-order valence-electron chi connectivity index (χ0n) is 11.3. The van der Waals surface area contributed by atoms with Crippen LogP contribution < -0.4 is 0 Å². The molecule has 0 atom stereocenters. The molecule has 2 saturated carbocycles. The molecule has 1 N–H and O–H groups in total. The normalized spacial score (nSPS) is 22.9. The average Bonchev–Trinajstić information content (AvgIpc) is 3.10. The van der Waals surface area contributed by atoms with Crippen LogP contribution >= 0.6 is 0 Å². The third-order valence-electron chi connectivity index (χ3n) is 4.90. The van der Waals surface area contributed by atoms with E-state index in [9.17, 15) is 9.90 Å². The summed E-state index contributed by atoms with van der Waals surface area (Å²) in [5, 5.41) is 14.1. The summed E-state index contributed by atoms with van der Waals surface area (Å²) in [7, 11) is 0. The van der Waals surface area contributed by atoms with Crippen molar-refractivity contribution in [1.29, 1.82) is 0 Å². The van der Waals surface area contributed by atoms with Crippen LogP contribution in [-0.2, 0) is 11.2 Å². The van der Waals surface area contributed by atoms with Crippen molar-refractivity contribution in [2.24, 2.45) is 5.41 Å². The standard InChI is InChI=1S/C15H22N2O2/c18-14(19)15(8-3-4-9-15)11-12-7-10-17(16-12)13-5-1-2-6-13/h7,10,13H,1-6,8-9,11H2,(H,18,19). The Kier molecular flexibility index (Phi) is 3.33. The predicted molar refractivity (Wildman–Crippen MR) is 72.0 cm³/mol. The third kappa shape index (κ3) is 2.40. The smallest absolute Gasteiger partial charge is 0.310 e. The molecule has 0 aliphatic heterocycles. The summed E-state index contributed by atoms with van der Waals surface area (Å²) in [4.78, 5) is 11.6. The second-order valence-corrected chi connectivity index (χ2v) is 6.19. The van der Waals surface area contributed by atoms with Gasteiger partial charge in [-0.3, -0.25) is 9.48 Å². The molecular weight excluding hydrogens is 240 g/mol. The van der Waals surface area contributed by atoms with Gasteiger partial charge in [0.05, 0.1) is 17.2 Å². The van der Waals surface area contributed by atoms with Crippen LogP contribution in [0, 0.1) is 5.41 Å². The molecule has 1 aromatic rings. The van der Waals surface area contributed by atoms with Gasteiger partial charge in [0.1, 0.15) is 0 Å². The summed E-state index contributed by atoms with van der Waals surface area (Å²) in [6, 6.07) is 2.56. The Labute approximate surface area is 113 Å². The highest BCUT2D eigenvalue weighted by Crippen LogP contribution is 2.41. The molecule has 0 amide bonds. The fourth-order valence-electron chi connectivity index (χ4n) is 3.71. The van der Waals surface area contributed by atoms with Crippen molar-refractivity contribution in [2.45, 2.75) is 63.8 Å². The molecule has 1 heterocycles. The highest BCUT2D eigenvalue weighted by Gasteiger charge is 2.41. The third-order valence-corrected chi connectivity index (χ3v) is 4.90. The number of carboxylic acid groups (broad SMARTS) is 1. The van der Waals surface area contributed by atoms with Crippen LogP contribution in [0.4, 0.5) is 0 Å². The van der Waals surface area contributed by atoms with Gasteiger partial charge >= 0.3 is 5.97 Å². The molecule has 4 nitrogen and oxygen atoms in total. The van der Waals surface area contributed by atoms with Gasteiger partial charge in [-0.25, -0.2) is 0 Å². The quantitative estimate of drug-likeness (QED) is 0.906. The minimum absolute atomic E-state index is 0.540. The van der Waals surface area contributed by atoms with Crippen LogP contribution in [-0.4, -0.2) is 20.9 Å². The molecule has 3 rings (SSSR count). The summed E-state index contributed by atoms with van der Waals surface area (Å²) in [5.41, 5.74) is 0.408. The number of rotatable bonds is 4. The first-order valence-corrected chi connectivity index (χ1v) is 7.47. The maximum Gasteiger partial charge on any atom is 0.310 e. The van der Waals surface area contributed by atoms with E-state index in [1.807, 2.05) is 12.3 Å². The largest absolute Gasteiger partial charge is 0.481 e. The zero-order valence-corrected chi connectivity index (χ0v) is 11.3. The molecule has 2 aliphatic rings. The van der Waals surface area contributed by atoms with Crippen LogP contribution in [0.15, 0.2) is 12.3 Å². The van der Waals surface area contributed by atoms with Crippen molar-refractivity contribution in [2.75, 3.05) is 0 Å². The lowest BCUT2D eigenvalue weighted by Gasteiger charge is -2.22. The Balaban J connectivity index is 1.73. The Morgan fingerprint density at radius 2 is 2.00 bits per heavy atom. The van der Waals surface area contributed by atoms with E-state index in [0.717, 1.165) is 31.4 Å². The molecule has 0 spiro atoms. The van der Waals surface area contributed by atoms with Gasteiger partial charge in [0.25, 0.3) is 0 Å². The number of hydrogen-bond acceptors (Lipinski definition) is 2. The molecular formula is C15H22N2O2. The van der Waals surface area contributed by atoms with Crippen molar-refractivity contribution in [3.63, 3.8) is 0 Å². The minimum atomic E-state index is -0.639. The van der Waals surface area contributed by atoms with Gasteiger partial charge < -0.3 is 5.11 Å². The van der Waals surface area contributed by atoms with Gasteiger partial charge in [0.15, 0.2) is 0 Å². The van der Waals surface area contributed by atoms with Crippen molar-refractivity contribution in [3.8, 4) is 0 Å². The van der Waals surface area contributed by atoms with Crippen LogP contribution in [0.2, 0.25) is 0 Å². The van der Waals surface area contributed by atoms with E-state index < -0.39 is 11.4 Å². The minimum Gasteiger partial charge on any atom is -0.481 e. The molecule has 0 saturated heterocycles. The van der Waals surface area contributed by atoms with E-state index in [0.29, 0.717) is 12.5 Å². The SMILES string of the molecule is O=C(O)C1(Cc2ccn(C3CCCC3)n2)CCCC1. The Morgan fingerprint density at radius 3 is 2.63 bits per heavy atom. The van der Waals surface area contributed by atoms with Gasteiger partial charge in [-0.2, -0.15) is 5.10 Å². The Morgan fingerprint density at radius 1 is 1.32 bits per heavy atom. The number of nitrogens with zero attached hydrogens (tertiary/aromatic N) is 2. The molecule has 4 heteroatoms. The van der Waals surface area contributed by atoms with E-state index >= 15 is 0 Å². The van der Waals surface area contributed by atoms with Crippen molar-refractivity contribution in [1.82, 2.24) is 9.78 Å².